The fourth-order valence-corrected chi connectivity index (χ4v) is 4.80. The number of rotatable bonds is 8. The van der Waals surface area contributed by atoms with Gasteiger partial charge in [-0.2, -0.15) is 0 Å². The van der Waals surface area contributed by atoms with E-state index in [-0.39, 0.29) is 18.2 Å². The average Bonchev–Trinajstić information content (AvgIpc) is 3.22. The van der Waals surface area contributed by atoms with Crippen LogP contribution in [0.5, 0.6) is 5.88 Å². The summed E-state index contributed by atoms with van der Waals surface area (Å²) in [6.07, 6.45) is 6.28. The summed E-state index contributed by atoms with van der Waals surface area (Å²) in [6, 6.07) is 9.22. The van der Waals surface area contributed by atoms with E-state index in [0.29, 0.717) is 31.1 Å². The smallest absolute Gasteiger partial charge is 0.305 e. The highest BCUT2D eigenvalue weighted by Gasteiger charge is 2.37. The van der Waals surface area contributed by atoms with Crippen LogP contribution in [0.2, 0.25) is 0 Å². The summed E-state index contributed by atoms with van der Waals surface area (Å²) in [5, 5.41) is 13.8. The van der Waals surface area contributed by atoms with Crippen molar-refractivity contribution in [1.82, 2.24) is 19.9 Å². The number of carboxylic acid groups (broad SMARTS) is 1. The number of aromatic nitrogens is 3. The molecule has 0 spiro atoms. The molecule has 0 bridgehead atoms. The van der Waals surface area contributed by atoms with Gasteiger partial charge in [0.2, 0.25) is 11.8 Å². The number of aryl methyl sites for hydroxylation is 1. The molecule has 1 fully saturated rings. The number of hydrogen-bond acceptors (Lipinski definition) is 7. The molecule has 176 valence electrons. The summed E-state index contributed by atoms with van der Waals surface area (Å²) in [6.45, 7) is 1.74. The first-order valence-corrected chi connectivity index (χ1v) is 11.7. The Bertz CT molecular complexity index is 1220. The maximum absolute atomic E-state index is 13.3. The van der Waals surface area contributed by atoms with Crippen LogP contribution in [0.25, 0.3) is 11.0 Å². The Kier molecular flexibility index (Phi) is 6.24. The third kappa shape index (κ3) is 4.64. The molecule has 3 aromatic heterocycles. The van der Waals surface area contributed by atoms with E-state index in [2.05, 4.69) is 20.3 Å². The maximum Gasteiger partial charge on any atom is 0.305 e. The number of fused-ring (bicyclic) bond motifs is 2. The second-order valence-corrected chi connectivity index (χ2v) is 8.77. The SMILES string of the molecule is O=C(O)CC(c1cnc2c(c1)NCCO2)N1CCC(CCCc2ccc3cccnc3n2)C1=O. The van der Waals surface area contributed by atoms with Gasteiger partial charge in [0.1, 0.15) is 6.61 Å². The number of amides is 1. The van der Waals surface area contributed by atoms with Crippen LogP contribution in [0.15, 0.2) is 42.7 Å². The number of ether oxygens (including phenoxy) is 1. The lowest BCUT2D eigenvalue weighted by atomic mass is 9.99. The Hall–Kier alpha value is -3.75. The maximum atomic E-state index is 13.3. The zero-order valence-electron chi connectivity index (χ0n) is 18.8. The highest BCUT2D eigenvalue weighted by molar-refractivity contribution is 5.82. The van der Waals surface area contributed by atoms with Gasteiger partial charge in [0.15, 0.2) is 5.65 Å². The van der Waals surface area contributed by atoms with Crippen LogP contribution in [0.1, 0.15) is 43.0 Å². The lowest BCUT2D eigenvalue weighted by Crippen LogP contribution is -2.33. The van der Waals surface area contributed by atoms with E-state index in [4.69, 9.17) is 4.74 Å². The first-order chi connectivity index (χ1) is 16.6. The van der Waals surface area contributed by atoms with Crippen molar-refractivity contribution < 1.29 is 19.4 Å². The molecular weight excluding hydrogens is 434 g/mol. The Balaban J connectivity index is 1.24. The molecule has 1 saturated heterocycles. The minimum absolute atomic E-state index is 0.0151. The molecule has 0 radical (unpaired) electrons. The fraction of sp³-hybridized carbons (Fsp3) is 0.400. The number of nitrogens with one attached hydrogen (secondary N) is 1. The molecule has 9 heteroatoms. The van der Waals surface area contributed by atoms with Crippen molar-refractivity contribution in [2.75, 3.05) is 25.0 Å². The summed E-state index contributed by atoms with van der Waals surface area (Å²) in [5.41, 5.74) is 3.14. The van der Waals surface area contributed by atoms with E-state index < -0.39 is 12.0 Å². The fourth-order valence-electron chi connectivity index (χ4n) is 4.80. The number of hydrogen-bond donors (Lipinski definition) is 2. The molecule has 5 heterocycles. The van der Waals surface area contributed by atoms with Crippen LogP contribution in [-0.4, -0.2) is 56.5 Å². The normalized spacial score (nSPS) is 18.3. The molecule has 0 aliphatic carbocycles. The summed E-state index contributed by atoms with van der Waals surface area (Å²) in [7, 11) is 0. The molecule has 0 saturated carbocycles. The van der Waals surface area contributed by atoms with Gasteiger partial charge in [-0.3, -0.25) is 9.59 Å². The number of carbonyl (C=O) groups is 2. The van der Waals surface area contributed by atoms with E-state index in [1.807, 2.05) is 30.3 Å². The van der Waals surface area contributed by atoms with Crippen LogP contribution in [0.3, 0.4) is 0 Å². The minimum atomic E-state index is -0.945. The number of nitrogens with zero attached hydrogens (tertiary/aromatic N) is 4. The second-order valence-electron chi connectivity index (χ2n) is 8.77. The molecule has 5 rings (SSSR count). The van der Waals surface area contributed by atoms with Crippen LogP contribution < -0.4 is 10.1 Å². The largest absolute Gasteiger partial charge is 0.481 e. The molecular formula is C25H27N5O4. The van der Waals surface area contributed by atoms with E-state index in [1.54, 1.807) is 17.3 Å². The first-order valence-electron chi connectivity index (χ1n) is 11.7. The van der Waals surface area contributed by atoms with Crippen molar-refractivity contribution >= 4 is 28.6 Å². The monoisotopic (exact) mass is 461 g/mol. The van der Waals surface area contributed by atoms with Crippen LogP contribution in [0, 0.1) is 5.92 Å². The average molecular weight is 462 g/mol. The lowest BCUT2D eigenvalue weighted by Gasteiger charge is -2.28. The third-order valence-electron chi connectivity index (χ3n) is 6.52. The highest BCUT2D eigenvalue weighted by atomic mass is 16.5. The number of anilines is 1. The highest BCUT2D eigenvalue weighted by Crippen LogP contribution is 2.36. The van der Waals surface area contributed by atoms with Crippen molar-refractivity contribution in [2.45, 2.75) is 38.1 Å². The van der Waals surface area contributed by atoms with E-state index in [1.165, 1.54) is 0 Å². The number of aliphatic carboxylic acids is 1. The van der Waals surface area contributed by atoms with Crippen molar-refractivity contribution in [1.29, 1.82) is 0 Å². The van der Waals surface area contributed by atoms with Crippen molar-refractivity contribution in [3.8, 4) is 5.88 Å². The molecule has 34 heavy (non-hydrogen) atoms. The lowest BCUT2D eigenvalue weighted by molar-refractivity contribution is -0.140. The summed E-state index contributed by atoms with van der Waals surface area (Å²) in [5.74, 6) is -0.533. The van der Waals surface area contributed by atoms with Crippen molar-refractivity contribution in [3.05, 3.63) is 54.0 Å². The second kappa shape index (κ2) is 9.62. The number of likely N-dealkylation sites (tertiary alicyclic amines) is 1. The van der Waals surface area contributed by atoms with Gasteiger partial charge in [0.25, 0.3) is 0 Å². The Morgan fingerprint density at radius 2 is 2.21 bits per heavy atom. The standard InChI is InChI=1S/C25H27N5O4/c31-22(32)14-21(18-13-20-24(28-15-18)34-12-10-26-20)30-11-8-17(25(30)33)3-1-5-19-7-6-16-4-2-9-27-23(16)29-19/h2,4,6-7,9,13,15,17,21,26H,1,3,5,8,10-12,14H2,(H,31,32). The molecule has 2 aliphatic heterocycles. The molecule has 9 nitrogen and oxygen atoms in total. The topological polar surface area (TPSA) is 118 Å². The minimum Gasteiger partial charge on any atom is -0.481 e. The first kappa shape index (κ1) is 22.1. The molecule has 2 atom stereocenters. The molecule has 1 amide bonds. The summed E-state index contributed by atoms with van der Waals surface area (Å²) < 4.78 is 5.53. The van der Waals surface area contributed by atoms with Gasteiger partial charge in [0.05, 0.1) is 18.2 Å². The quantitative estimate of drug-likeness (QED) is 0.525. The van der Waals surface area contributed by atoms with Gasteiger partial charge in [0, 0.05) is 42.5 Å². The number of carbonyl (C=O) groups excluding carboxylic acids is 1. The number of carboxylic acids is 1. The summed E-state index contributed by atoms with van der Waals surface area (Å²) in [4.78, 5) is 39.9. The zero-order valence-corrected chi connectivity index (χ0v) is 18.8. The van der Waals surface area contributed by atoms with Gasteiger partial charge in [-0.25, -0.2) is 15.0 Å². The van der Waals surface area contributed by atoms with Crippen molar-refractivity contribution in [2.24, 2.45) is 5.92 Å². The molecule has 3 aromatic rings. The molecule has 2 aliphatic rings. The van der Waals surface area contributed by atoms with Gasteiger partial charge in [-0.15, -0.1) is 0 Å². The van der Waals surface area contributed by atoms with Gasteiger partial charge in [-0.1, -0.05) is 0 Å². The van der Waals surface area contributed by atoms with Gasteiger partial charge < -0.3 is 20.1 Å². The molecule has 0 aromatic carbocycles. The van der Waals surface area contributed by atoms with E-state index in [9.17, 15) is 14.7 Å². The zero-order chi connectivity index (χ0) is 23.5. The van der Waals surface area contributed by atoms with Crippen LogP contribution >= 0.6 is 0 Å². The van der Waals surface area contributed by atoms with Crippen LogP contribution in [-0.2, 0) is 16.0 Å². The summed E-state index contributed by atoms with van der Waals surface area (Å²) >= 11 is 0. The Labute approximate surface area is 197 Å². The molecule has 2 N–H and O–H groups in total. The number of pyridine rings is 3. The van der Waals surface area contributed by atoms with Crippen molar-refractivity contribution in [3.63, 3.8) is 0 Å². The predicted octanol–water partition coefficient (Wildman–Crippen LogP) is 3.22. The van der Waals surface area contributed by atoms with Gasteiger partial charge in [-0.05, 0) is 61.6 Å². The van der Waals surface area contributed by atoms with Gasteiger partial charge >= 0.3 is 5.97 Å². The van der Waals surface area contributed by atoms with E-state index in [0.717, 1.165) is 48.1 Å². The van der Waals surface area contributed by atoms with E-state index >= 15 is 0 Å². The third-order valence-corrected chi connectivity index (χ3v) is 6.52. The predicted molar refractivity (Wildman–Crippen MR) is 126 cm³/mol. The molecule has 2 unspecified atom stereocenters. The Morgan fingerprint density at radius 3 is 3.09 bits per heavy atom. The Morgan fingerprint density at radius 1 is 1.29 bits per heavy atom. The van der Waals surface area contributed by atoms with Crippen LogP contribution in [0.4, 0.5) is 5.69 Å².